The summed E-state index contributed by atoms with van der Waals surface area (Å²) in [7, 11) is 1.39. The Labute approximate surface area is 76.7 Å². The van der Waals surface area contributed by atoms with E-state index in [-0.39, 0.29) is 0 Å². The zero-order valence-corrected chi connectivity index (χ0v) is 7.49. The molecule has 72 valence electrons. The topological polar surface area (TPSA) is 72.5 Å². The molecule has 0 aromatic rings. The molecule has 1 unspecified atom stereocenters. The summed E-state index contributed by atoms with van der Waals surface area (Å²) in [5, 5.41) is 8.77. The van der Waals surface area contributed by atoms with Gasteiger partial charge in [-0.1, -0.05) is 6.08 Å². The third-order valence-corrected chi connectivity index (χ3v) is 2.01. The van der Waals surface area contributed by atoms with Gasteiger partial charge in [-0.05, 0) is 24.5 Å². The van der Waals surface area contributed by atoms with Gasteiger partial charge >= 0.3 is 5.97 Å². The van der Waals surface area contributed by atoms with Crippen LogP contribution in [0.2, 0.25) is 0 Å². The lowest BCUT2D eigenvalue weighted by Crippen LogP contribution is -2.25. The Kier molecular flexibility index (Phi) is 3.08. The van der Waals surface area contributed by atoms with Gasteiger partial charge in [-0.25, -0.2) is 4.79 Å². The van der Waals surface area contributed by atoms with Crippen molar-refractivity contribution in [3.05, 3.63) is 23.4 Å². The summed E-state index contributed by atoms with van der Waals surface area (Å²) >= 11 is 0. The van der Waals surface area contributed by atoms with Crippen LogP contribution in [-0.4, -0.2) is 24.3 Å². The van der Waals surface area contributed by atoms with Crippen molar-refractivity contribution in [2.45, 2.75) is 18.9 Å². The van der Waals surface area contributed by atoms with Crippen molar-refractivity contribution in [2.75, 3.05) is 7.11 Å². The molecule has 0 amide bonds. The van der Waals surface area contributed by atoms with E-state index < -0.39 is 12.1 Å². The van der Waals surface area contributed by atoms with Crippen LogP contribution in [0.1, 0.15) is 12.8 Å². The molecule has 3 N–H and O–H groups in total. The van der Waals surface area contributed by atoms with Crippen LogP contribution in [0.25, 0.3) is 0 Å². The van der Waals surface area contributed by atoms with Crippen LogP contribution in [0.15, 0.2) is 23.4 Å². The first-order valence-corrected chi connectivity index (χ1v) is 4.06. The molecule has 13 heavy (non-hydrogen) atoms. The molecule has 1 aliphatic carbocycles. The summed E-state index contributed by atoms with van der Waals surface area (Å²) in [5.74, 6) is -0.956. The number of ether oxygens (including phenoxy) is 1. The highest BCUT2D eigenvalue weighted by Gasteiger charge is 2.22. The number of rotatable bonds is 3. The third-order valence-electron chi connectivity index (χ3n) is 2.01. The monoisotopic (exact) mass is 183 g/mol. The number of carboxylic acids is 1. The molecule has 1 rings (SSSR count). The van der Waals surface area contributed by atoms with E-state index >= 15 is 0 Å². The fraction of sp³-hybridized carbons (Fsp3) is 0.444. The fourth-order valence-electron chi connectivity index (χ4n) is 1.30. The van der Waals surface area contributed by atoms with Gasteiger partial charge in [0.15, 0.2) is 6.10 Å². The molecular formula is C9H13NO3. The lowest BCUT2D eigenvalue weighted by atomic mass is 9.98. The van der Waals surface area contributed by atoms with Crippen LogP contribution in [-0.2, 0) is 9.53 Å². The molecule has 0 fully saturated rings. The minimum absolute atomic E-state index is 0.660. The number of carbonyl (C=O) groups is 1. The highest BCUT2D eigenvalue weighted by Crippen LogP contribution is 2.19. The maximum Gasteiger partial charge on any atom is 0.337 e. The first-order valence-electron chi connectivity index (χ1n) is 4.06. The third kappa shape index (κ3) is 2.32. The molecule has 0 saturated carbocycles. The zero-order chi connectivity index (χ0) is 9.84. The molecule has 0 aliphatic heterocycles. The highest BCUT2D eigenvalue weighted by atomic mass is 16.5. The van der Waals surface area contributed by atoms with Crippen molar-refractivity contribution in [1.82, 2.24) is 0 Å². The van der Waals surface area contributed by atoms with E-state index in [1.54, 1.807) is 12.2 Å². The summed E-state index contributed by atoms with van der Waals surface area (Å²) in [6.07, 6.45) is 3.99. The molecule has 0 bridgehead atoms. The summed E-state index contributed by atoms with van der Waals surface area (Å²) in [6, 6.07) is 0. The van der Waals surface area contributed by atoms with Gasteiger partial charge in [0.2, 0.25) is 0 Å². The number of hydrogen-bond donors (Lipinski definition) is 2. The second-order valence-electron chi connectivity index (χ2n) is 2.94. The molecule has 0 aromatic carbocycles. The molecule has 0 saturated heterocycles. The van der Waals surface area contributed by atoms with E-state index in [1.165, 1.54) is 7.11 Å². The second kappa shape index (κ2) is 4.09. The first kappa shape index (κ1) is 9.80. The van der Waals surface area contributed by atoms with E-state index in [0.717, 1.165) is 11.3 Å². The molecule has 0 aromatic heterocycles. The Bertz CT molecular complexity index is 268. The number of nitrogens with two attached hydrogens (primary N) is 1. The first-order chi connectivity index (χ1) is 6.15. The average Bonchev–Trinajstić information content (AvgIpc) is 2.09. The summed E-state index contributed by atoms with van der Waals surface area (Å²) in [6.45, 7) is 0. The molecule has 0 spiro atoms. The van der Waals surface area contributed by atoms with Gasteiger partial charge < -0.3 is 15.6 Å². The molecule has 4 nitrogen and oxygen atoms in total. The van der Waals surface area contributed by atoms with Gasteiger partial charge in [0.1, 0.15) is 0 Å². The highest BCUT2D eigenvalue weighted by molar-refractivity contribution is 5.76. The maximum absolute atomic E-state index is 10.7. The SMILES string of the molecule is COC(C(=O)O)C1=CC=C(N)CC1. The van der Waals surface area contributed by atoms with Crippen molar-refractivity contribution in [1.29, 1.82) is 0 Å². The Morgan fingerprint density at radius 2 is 2.31 bits per heavy atom. The Morgan fingerprint density at radius 1 is 1.62 bits per heavy atom. The van der Waals surface area contributed by atoms with Crippen LogP contribution in [0.3, 0.4) is 0 Å². The van der Waals surface area contributed by atoms with Crippen molar-refractivity contribution >= 4 is 5.97 Å². The van der Waals surface area contributed by atoms with Crippen LogP contribution >= 0.6 is 0 Å². The predicted octanol–water partition coefficient (Wildman–Crippen LogP) is 0.649. The number of aliphatic carboxylic acids is 1. The van der Waals surface area contributed by atoms with Crippen molar-refractivity contribution in [3.63, 3.8) is 0 Å². The zero-order valence-electron chi connectivity index (χ0n) is 7.49. The van der Waals surface area contributed by atoms with E-state index in [1.807, 2.05) is 0 Å². The smallest absolute Gasteiger partial charge is 0.337 e. The van der Waals surface area contributed by atoms with Crippen LogP contribution < -0.4 is 5.73 Å². The predicted molar refractivity (Wildman–Crippen MR) is 48.0 cm³/mol. The number of carboxylic acid groups (broad SMARTS) is 1. The minimum Gasteiger partial charge on any atom is -0.479 e. The molecule has 4 heteroatoms. The molecule has 0 heterocycles. The van der Waals surface area contributed by atoms with E-state index in [9.17, 15) is 4.79 Å². The quantitative estimate of drug-likeness (QED) is 0.673. The summed E-state index contributed by atoms with van der Waals surface area (Å²) in [4.78, 5) is 10.7. The number of methoxy groups -OCH3 is 1. The standard InChI is InChI=1S/C9H13NO3/c1-13-8(9(11)12)6-2-4-7(10)5-3-6/h2,4,8H,3,5,10H2,1H3,(H,11,12). The number of hydrogen-bond acceptors (Lipinski definition) is 3. The van der Waals surface area contributed by atoms with Gasteiger partial charge in [-0.3, -0.25) is 0 Å². The van der Waals surface area contributed by atoms with Gasteiger partial charge in [0.05, 0.1) is 0 Å². The van der Waals surface area contributed by atoms with Crippen molar-refractivity contribution < 1.29 is 14.6 Å². The van der Waals surface area contributed by atoms with Gasteiger partial charge in [-0.15, -0.1) is 0 Å². The van der Waals surface area contributed by atoms with Crippen LogP contribution in [0.5, 0.6) is 0 Å². The lowest BCUT2D eigenvalue weighted by molar-refractivity contribution is -0.146. The second-order valence-corrected chi connectivity index (χ2v) is 2.94. The molecular weight excluding hydrogens is 170 g/mol. The normalized spacial score (nSPS) is 18.8. The largest absolute Gasteiger partial charge is 0.479 e. The maximum atomic E-state index is 10.7. The average molecular weight is 183 g/mol. The fourth-order valence-corrected chi connectivity index (χ4v) is 1.30. The Balaban J connectivity index is 2.76. The van der Waals surface area contributed by atoms with E-state index in [4.69, 9.17) is 15.6 Å². The summed E-state index contributed by atoms with van der Waals surface area (Å²) < 4.78 is 4.85. The lowest BCUT2D eigenvalue weighted by Gasteiger charge is -2.17. The number of allylic oxidation sites excluding steroid dienone is 3. The van der Waals surface area contributed by atoms with Gasteiger partial charge in [0, 0.05) is 12.8 Å². The Morgan fingerprint density at radius 3 is 2.69 bits per heavy atom. The van der Waals surface area contributed by atoms with Crippen molar-refractivity contribution in [2.24, 2.45) is 5.73 Å². The van der Waals surface area contributed by atoms with E-state index in [2.05, 4.69) is 0 Å². The Hall–Kier alpha value is -1.29. The van der Waals surface area contributed by atoms with Crippen molar-refractivity contribution in [3.8, 4) is 0 Å². The van der Waals surface area contributed by atoms with Crippen LogP contribution in [0, 0.1) is 0 Å². The van der Waals surface area contributed by atoms with Gasteiger partial charge in [-0.2, -0.15) is 0 Å². The molecule has 0 radical (unpaired) electrons. The molecule has 1 atom stereocenters. The summed E-state index contributed by atoms with van der Waals surface area (Å²) in [5.41, 5.74) is 7.09. The molecule has 1 aliphatic rings. The van der Waals surface area contributed by atoms with Gasteiger partial charge in [0.25, 0.3) is 0 Å². The minimum atomic E-state index is -0.956. The van der Waals surface area contributed by atoms with Crippen LogP contribution in [0.4, 0.5) is 0 Å². The van der Waals surface area contributed by atoms with E-state index in [0.29, 0.717) is 12.8 Å².